The molecule has 2 aromatic carbocycles. The molecule has 0 aliphatic rings. The van der Waals surface area contributed by atoms with E-state index in [2.05, 4.69) is 6.07 Å². The highest BCUT2D eigenvalue weighted by molar-refractivity contribution is 5.31. The van der Waals surface area contributed by atoms with Crippen LogP contribution in [-0.2, 0) is 0 Å². The van der Waals surface area contributed by atoms with Crippen molar-refractivity contribution in [3.05, 3.63) is 60.2 Å². The van der Waals surface area contributed by atoms with E-state index < -0.39 is 0 Å². The van der Waals surface area contributed by atoms with Crippen LogP contribution >= 0.6 is 0 Å². The molecule has 3 heteroatoms. The van der Waals surface area contributed by atoms with E-state index in [1.54, 1.807) is 7.11 Å². The van der Waals surface area contributed by atoms with Gasteiger partial charge in [-0.2, -0.15) is 5.26 Å². The summed E-state index contributed by atoms with van der Waals surface area (Å²) in [7, 11) is 1.64. The monoisotopic (exact) mass is 281 g/mol. The maximum absolute atomic E-state index is 9.25. The maximum Gasteiger partial charge on any atom is 0.119 e. The molecular weight excluding hydrogens is 262 g/mol. The molecule has 0 heterocycles. The fraction of sp³-hybridized carbons (Fsp3) is 0.278. The minimum atomic E-state index is -0.0642. The van der Waals surface area contributed by atoms with Gasteiger partial charge in [0, 0.05) is 0 Å². The van der Waals surface area contributed by atoms with Crippen LogP contribution in [0.5, 0.6) is 11.5 Å². The molecule has 0 fully saturated rings. The van der Waals surface area contributed by atoms with Gasteiger partial charge in [-0.1, -0.05) is 30.3 Å². The zero-order chi connectivity index (χ0) is 14.9. The van der Waals surface area contributed by atoms with Crippen molar-refractivity contribution >= 4 is 0 Å². The number of hydrogen-bond donors (Lipinski definition) is 0. The van der Waals surface area contributed by atoms with E-state index in [-0.39, 0.29) is 5.92 Å². The van der Waals surface area contributed by atoms with Gasteiger partial charge in [0.25, 0.3) is 0 Å². The third-order valence-electron chi connectivity index (χ3n) is 3.32. The fourth-order valence-corrected chi connectivity index (χ4v) is 2.14. The van der Waals surface area contributed by atoms with E-state index in [1.807, 2.05) is 54.6 Å². The molecule has 0 radical (unpaired) electrons. The zero-order valence-electron chi connectivity index (χ0n) is 12.2. The Morgan fingerprint density at radius 1 is 1.00 bits per heavy atom. The van der Waals surface area contributed by atoms with Gasteiger partial charge >= 0.3 is 0 Å². The number of methoxy groups -OCH3 is 1. The number of hydrogen-bond acceptors (Lipinski definition) is 3. The molecule has 0 saturated heterocycles. The molecule has 0 amide bonds. The van der Waals surface area contributed by atoms with Crippen molar-refractivity contribution in [3.63, 3.8) is 0 Å². The Kier molecular flexibility index (Phi) is 5.66. The Morgan fingerprint density at radius 3 is 2.29 bits per heavy atom. The Balaban J connectivity index is 1.77. The lowest BCUT2D eigenvalue weighted by Crippen LogP contribution is -2.02. The summed E-state index contributed by atoms with van der Waals surface area (Å²) in [6.45, 7) is 0.608. The summed E-state index contributed by atoms with van der Waals surface area (Å²) in [4.78, 5) is 0. The Morgan fingerprint density at radius 2 is 1.67 bits per heavy atom. The molecule has 0 aliphatic heterocycles. The first kappa shape index (κ1) is 14.9. The number of rotatable bonds is 7. The molecule has 0 bridgehead atoms. The second-order valence-electron chi connectivity index (χ2n) is 4.76. The lowest BCUT2D eigenvalue weighted by Gasteiger charge is -2.10. The quantitative estimate of drug-likeness (QED) is 0.716. The average molecular weight is 281 g/mol. The molecule has 21 heavy (non-hydrogen) atoms. The molecule has 2 aromatic rings. The Hall–Kier alpha value is -2.47. The van der Waals surface area contributed by atoms with Gasteiger partial charge in [-0.3, -0.25) is 0 Å². The zero-order valence-corrected chi connectivity index (χ0v) is 12.2. The number of benzene rings is 2. The summed E-state index contributed by atoms with van der Waals surface area (Å²) in [5, 5.41) is 9.25. The summed E-state index contributed by atoms with van der Waals surface area (Å²) in [6.07, 6.45) is 1.65. The van der Waals surface area contributed by atoms with Crippen molar-refractivity contribution in [2.45, 2.75) is 18.8 Å². The lowest BCUT2D eigenvalue weighted by atomic mass is 9.96. The lowest BCUT2D eigenvalue weighted by molar-refractivity contribution is 0.304. The summed E-state index contributed by atoms with van der Waals surface area (Å²) in [5.74, 6) is 1.57. The van der Waals surface area contributed by atoms with Gasteiger partial charge in [-0.15, -0.1) is 0 Å². The average Bonchev–Trinajstić information content (AvgIpc) is 2.56. The van der Waals surface area contributed by atoms with E-state index in [0.717, 1.165) is 29.9 Å². The predicted octanol–water partition coefficient (Wildman–Crippen LogP) is 4.16. The van der Waals surface area contributed by atoms with Gasteiger partial charge in [0.05, 0.1) is 25.7 Å². The van der Waals surface area contributed by atoms with Crippen molar-refractivity contribution < 1.29 is 9.47 Å². The maximum atomic E-state index is 9.25. The minimum absolute atomic E-state index is 0.0642. The fourth-order valence-electron chi connectivity index (χ4n) is 2.14. The summed E-state index contributed by atoms with van der Waals surface area (Å²) in [6, 6.07) is 19.8. The van der Waals surface area contributed by atoms with Crippen LogP contribution in [0.15, 0.2) is 54.6 Å². The van der Waals surface area contributed by atoms with E-state index in [1.165, 1.54) is 0 Å². The molecule has 0 spiro atoms. The van der Waals surface area contributed by atoms with Crippen LogP contribution < -0.4 is 9.47 Å². The standard InChI is InChI=1S/C18H19NO2/c1-20-17-9-11-18(12-10-17)21-13-5-8-16(14-19)15-6-3-2-4-7-15/h2-4,6-7,9-12,16H,5,8,13H2,1H3. The van der Waals surface area contributed by atoms with Gasteiger partial charge < -0.3 is 9.47 Å². The smallest absolute Gasteiger partial charge is 0.119 e. The van der Waals surface area contributed by atoms with Crippen molar-refractivity contribution in [1.29, 1.82) is 5.26 Å². The summed E-state index contributed by atoms with van der Waals surface area (Å²) in [5.41, 5.74) is 1.07. The van der Waals surface area contributed by atoms with Crippen molar-refractivity contribution in [3.8, 4) is 17.6 Å². The predicted molar refractivity (Wildman–Crippen MR) is 82.5 cm³/mol. The second-order valence-corrected chi connectivity index (χ2v) is 4.76. The Labute approximate surface area is 125 Å². The van der Waals surface area contributed by atoms with Crippen molar-refractivity contribution in [2.75, 3.05) is 13.7 Å². The van der Waals surface area contributed by atoms with E-state index in [4.69, 9.17) is 9.47 Å². The van der Waals surface area contributed by atoms with Gasteiger partial charge in [0.1, 0.15) is 11.5 Å². The highest BCUT2D eigenvalue weighted by atomic mass is 16.5. The number of ether oxygens (including phenoxy) is 2. The SMILES string of the molecule is COc1ccc(OCCCC(C#N)c2ccccc2)cc1. The molecule has 108 valence electrons. The van der Waals surface area contributed by atoms with E-state index in [9.17, 15) is 5.26 Å². The molecule has 1 atom stereocenters. The second kappa shape index (κ2) is 7.96. The molecule has 0 saturated carbocycles. The third kappa shape index (κ3) is 4.54. The van der Waals surface area contributed by atoms with Crippen LogP contribution in [0.25, 0.3) is 0 Å². The normalized spacial score (nSPS) is 11.4. The van der Waals surface area contributed by atoms with Crippen molar-refractivity contribution in [2.24, 2.45) is 0 Å². The Bertz CT molecular complexity index is 572. The first-order valence-corrected chi connectivity index (χ1v) is 7.05. The van der Waals surface area contributed by atoms with Crippen LogP contribution in [-0.4, -0.2) is 13.7 Å². The number of nitriles is 1. The molecule has 0 aromatic heterocycles. The summed E-state index contributed by atoms with van der Waals surface area (Å²) < 4.78 is 10.8. The molecule has 3 nitrogen and oxygen atoms in total. The van der Waals surface area contributed by atoms with Gasteiger partial charge in [0.15, 0.2) is 0 Å². The van der Waals surface area contributed by atoms with Crippen LogP contribution in [0.2, 0.25) is 0 Å². The van der Waals surface area contributed by atoms with Crippen LogP contribution in [0.4, 0.5) is 0 Å². The van der Waals surface area contributed by atoms with Crippen LogP contribution in [0.3, 0.4) is 0 Å². The third-order valence-corrected chi connectivity index (χ3v) is 3.32. The van der Waals surface area contributed by atoms with Crippen molar-refractivity contribution in [1.82, 2.24) is 0 Å². The molecule has 1 unspecified atom stereocenters. The van der Waals surface area contributed by atoms with Gasteiger partial charge in [0.2, 0.25) is 0 Å². The first-order valence-electron chi connectivity index (χ1n) is 7.05. The topological polar surface area (TPSA) is 42.2 Å². The minimum Gasteiger partial charge on any atom is -0.497 e. The first-order chi connectivity index (χ1) is 10.3. The molecular formula is C18H19NO2. The number of nitrogens with zero attached hydrogens (tertiary/aromatic N) is 1. The largest absolute Gasteiger partial charge is 0.497 e. The highest BCUT2D eigenvalue weighted by Gasteiger charge is 2.09. The van der Waals surface area contributed by atoms with E-state index in [0.29, 0.717) is 6.61 Å². The van der Waals surface area contributed by atoms with Crippen LogP contribution in [0.1, 0.15) is 24.3 Å². The molecule has 0 N–H and O–H groups in total. The molecule has 0 aliphatic carbocycles. The van der Waals surface area contributed by atoms with Gasteiger partial charge in [-0.25, -0.2) is 0 Å². The highest BCUT2D eigenvalue weighted by Crippen LogP contribution is 2.21. The van der Waals surface area contributed by atoms with Crippen LogP contribution in [0, 0.1) is 11.3 Å². The summed E-state index contributed by atoms with van der Waals surface area (Å²) >= 11 is 0. The molecule has 2 rings (SSSR count). The van der Waals surface area contributed by atoms with E-state index >= 15 is 0 Å². The van der Waals surface area contributed by atoms with Gasteiger partial charge in [-0.05, 0) is 42.7 Å².